The summed E-state index contributed by atoms with van der Waals surface area (Å²) >= 11 is 6.12. The lowest BCUT2D eigenvalue weighted by Gasteiger charge is -2.15. The summed E-state index contributed by atoms with van der Waals surface area (Å²) in [4.78, 5) is 26.7. The van der Waals surface area contributed by atoms with Gasteiger partial charge in [-0.3, -0.25) is 14.9 Å². The molecule has 0 radical (unpaired) electrons. The summed E-state index contributed by atoms with van der Waals surface area (Å²) < 4.78 is 22.0. The molecule has 0 aliphatic carbocycles. The molecule has 0 saturated carbocycles. The molecule has 0 aliphatic rings. The van der Waals surface area contributed by atoms with Gasteiger partial charge in [-0.1, -0.05) is 41.4 Å². The third-order valence-corrected chi connectivity index (χ3v) is 5.55. The first-order valence-electron chi connectivity index (χ1n) is 10.3. The normalized spacial score (nSPS) is 10.7. The number of aryl methyl sites for hydroxylation is 1. The van der Waals surface area contributed by atoms with E-state index in [4.69, 9.17) is 30.2 Å². The molecular weight excluding hydrogens is 458 g/mol. The van der Waals surface area contributed by atoms with Crippen molar-refractivity contribution in [2.24, 2.45) is 0 Å². The zero-order valence-corrected chi connectivity index (χ0v) is 19.8. The van der Waals surface area contributed by atoms with E-state index in [1.54, 1.807) is 24.3 Å². The van der Waals surface area contributed by atoms with Gasteiger partial charge in [-0.05, 0) is 42.8 Å². The van der Waals surface area contributed by atoms with Crippen molar-refractivity contribution in [1.29, 1.82) is 0 Å². The number of hydrogen-bond acceptors (Lipinski definition) is 6. The number of carbonyl (C=O) groups excluding carboxylic acids is 1. The van der Waals surface area contributed by atoms with Gasteiger partial charge < -0.3 is 18.6 Å². The second-order valence-electron chi connectivity index (χ2n) is 7.51. The molecule has 0 aliphatic heterocycles. The predicted octanol–water partition coefficient (Wildman–Crippen LogP) is 5.70. The Bertz CT molecular complexity index is 1430. The first-order valence-corrected chi connectivity index (χ1v) is 10.7. The van der Waals surface area contributed by atoms with Gasteiger partial charge in [0.25, 0.3) is 5.91 Å². The number of anilines is 1. The van der Waals surface area contributed by atoms with Crippen molar-refractivity contribution in [3.05, 3.63) is 81.0 Å². The molecular formula is C26H22ClNO6. The Kier molecular flexibility index (Phi) is 6.47. The second-order valence-corrected chi connectivity index (χ2v) is 7.95. The number of nitrogens with one attached hydrogen (secondary N) is 1. The van der Waals surface area contributed by atoms with E-state index in [1.807, 2.05) is 25.1 Å². The van der Waals surface area contributed by atoms with E-state index >= 15 is 0 Å². The van der Waals surface area contributed by atoms with Gasteiger partial charge in [0, 0.05) is 10.6 Å². The maximum Gasteiger partial charge on any atom is 0.258 e. The van der Waals surface area contributed by atoms with Gasteiger partial charge in [0.1, 0.15) is 5.58 Å². The highest BCUT2D eigenvalue weighted by Gasteiger charge is 2.22. The van der Waals surface area contributed by atoms with E-state index in [2.05, 4.69) is 5.32 Å². The van der Waals surface area contributed by atoms with Crippen LogP contribution < -0.4 is 25.0 Å². The molecule has 1 amide bonds. The molecule has 0 spiro atoms. The van der Waals surface area contributed by atoms with Gasteiger partial charge in [-0.15, -0.1) is 0 Å². The lowest BCUT2D eigenvalue weighted by Crippen LogP contribution is -2.17. The number of hydrogen-bond donors (Lipinski definition) is 1. The molecule has 0 saturated heterocycles. The van der Waals surface area contributed by atoms with Crippen molar-refractivity contribution in [2.45, 2.75) is 6.92 Å². The molecule has 34 heavy (non-hydrogen) atoms. The van der Waals surface area contributed by atoms with Crippen molar-refractivity contribution in [2.75, 3.05) is 26.6 Å². The van der Waals surface area contributed by atoms with Gasteiger partial charge in [-0.25, -0.2) is 0 Å². The number of carbonyl (C=O) groups is 1. The average Bonchev–Trinajstić information content (AvgIpc) is 2.83. The topological polar surface area (TPSA) is 87.0 Å². The molecule has 7 nitrogen and oxygen atoms in total. The Morgan fingerprint density at radius 1 is 0.941 bits per heavy atom. The minimum absolute atomic E-state index is 0.0178. The highest BCUT2D eigenvalue weighted by Crippen LogP contribution is 2.38. The fraction of sp³-hybridized carbons (Fsp3) is 0.154. The quantitative estimate of drug-likeness (QED) is 0.381. The third-order valence-electron chi connectivity index (χ3n) is 5.31. The molecule has 4 rings (SSSR count). The van der Waals surface area contributed by atoms with Crippen LogP contribution in [0.3, 0.4) is 0 Å². The van der Waals surface area contributed by atoms with E-state index < -0.39 is 5.91 Å². The van der Waals surface area contributed by atoms with Gasteiger partial charge in [0.05, 0.1) is 32.3 Å². The monoisotopic (exact) mass is 479 g/mol. The fourth-order valence-corrected chi connectivity index (χ4v) is 3.88. The number of fused-ring (bicyclic) bond motifs is 1. The summed E-state index contributed by atoms with van der Waals surface area (Å²) in [5, 5.41) is 3.46. The SMILES string of the molecule is COc1cc(C(=O)Nc2oc3ccc(Cl)cc3c(=O)c2-c2cccc(C)c2)cc(OC)c1OC. The summed E-state index contributed by atoms with van der Waals surface area (Å²) in [5.41, 5.74) is 1.99. The molecule has 0 fully saturated rings. The standard InChI is InChI=1S/C26H22ClNO6/c1-14-6-5-7-15(10-14)22-23(29)18-13-17(27)8-9-19(18)34-26(22)28-25(30)16-11-20(31-2)24(33-4)21(12-16)32-3/h5-13H,1-4H3,(H,28,30). The zero-order valence-electron chi connectivity index (χ0n) is 19.0. The third kappa shape index (κ3) is 4.30. The summed E-state index contributed by atoms with van der Waals surface area (Å²) in [5.74, 6) is 0.492. The summed E-state index contributed by atoms with van der Waals surface area (Å²) in [7, 11) is 4.40. The van der Waals surface area contributed by atoms with Crippen LogP contribution in [0.25, 0.3) is 22.1 Å². The van der Waals surface area contributed by atoms with Crippen LogP contribution in [-0.2, 0) is 0 Å². The number of methoxy groups -OCH3 is 3. The van der Waals surface area contributed by atoms with Crippen LogP contribution in [-0.4, -0.2) is 27.2 Å². The van der Waals surface area contributed by atoms with E-state index in [-0.39, 0.29) is 22.4 Å². The first-order chi connectivity index (χ1) is 16.4. The second kappa shape index (κ2) is 9.49. The van der Waals surface area contributed by atoms with Gasteiger partial charge >= 0.3 is 0 Å². The number of halogens is 1. The number of ether oxygens (including phenoxy) is 3. The van der Waals surface area contributed by atoms with Crippen LogP contribution in [0, 0.1) is 6.92 Å². The Labute approximate surface area is 200 Å². The number of benzene rings is 3. The Morgan fingerprint density at radius 2 is 1.65 bits per heavy atom. The lowest BCUT2D eigenvalue weighted by molar-refractivity contribution is 0.102. The summed E-state index contributed by atoms with van der Waals surface area (Å²) in [6.07, 6.45) is 0. The lowest BCUT2D eigenvalue weighted by atomic mass is 10.0. The number of rotatable bonds is 6. The average molecular weight is 480 g/mol. The van der Waals surface area contributed by atoms with Crippen molar-refractivity contribution in [1.82, 2.24) is 0 Å². The highest BCUT2D eigenvalue weighted by molar-refractivity contribution is 6.31. The molecule has 3 aromatic carbocycles. The maximum absolute atomic E-state index is 13.5. The molecule has 1 aromatic heterocycles. The Balaban J connectivity index is 1.88. The molecule has 0 atom stereocenters. The minimum Gasteiger partial charge on any atom is -0.493 e. The molecule has 1 heterocycles. The highest BCUT2D eigenvalue weighted by atomic mass is 35.5. The smallest absolute Gasteiger partial charge is 0.258 e. The molecule has 0 bridgehead atoms. The van der Waals surface area contributed by atoms with E-state index in [9.17, 15) is 9.59 Å². The van der Waals surface area contributed by atoms with Crippen LogP contribution in [0.1, 0.15) is 15.9 Å². The predicted molar refractivity (Wildman–Crippen MR) is 132 cm³/mol. The van der Waals surface area contributed by atoms with Crippen LogP contribution in [0.4, 0.5) is 5.88 Å². The van der Waals surface area contributed by atoms with Crippen LogP contribution in [0.15, 0.2) is 63.8 Å². The van der Waals surface area contributed by atoms with E-state index in [1.165, 1.54) is 33.5 Å². The van der Waals surface area contributed by atoms with Gasteiger partial charge in [0.15, 0.2) is 11.5 Å². The van der Waals surface area contributed by atoms with Crippen LogP contribution in [0.5, 0.6) is 17.2 Å². The zero-order chi connectivity index (χ0) is 24.4. The van der Waals surface area contributed by atoms with Gasteiger partial charge in [0.2, 0.25) is 17.1 Å². The first kappa shape index (κ1) is 23.2. The van der Waals surface area contributed by atoms with Crippen molar-refractivity contribution in [3.8, 4) is 28.4 Å². The van der Waals surface area contributed by atoms with Crippen LogP contribution >= 0.6 is 11.6 Å². The Hall–Kier alpha value is -3.97. The maximum atomic E-state index is 13.5. The van der Waals surface area contributed by atoms with Crippen molar-refractivity contribution in [3.63, 3.8) is 0 Å². The molecule has 0 unspecified atom stereocenters. The summed E-state index contributed by atoms with van der Waals surface area (Å²) in [6.45, 7) is 1.91. The summed E-state index contributed by atoms with van der Waals surface area (Å²) in [6, 6.07) is 15.2. The van der Waals surface area contributed by atoms with Crippen LogP contribution in [0.2, 0.25) is 5.02 Å². The Morgan fingerprint density at radius 3 is 2.26 bits per heavy atom. The van der Waals surface area contributed by atoms with E-state index in [0.29, 0.717) is 38.8 Å². The minimum atomic E-state index is -0.524. The largest absolute Gasteiger partial charge is 0.493 e. The van der Waals surface area contributed by atoms with Gasteiger partial charge in [-0.2, -0.15) is 0 Å². The number of amides is 1. The van der Waals surface area contributed by atoms with Crippen molar-refractivity contribution >= 4 is 34.4 Å². The molecule has 8 heteroatoms. The van der Waals surface area contributed by atoms with Crippen molar-refractivity contribution < 1.29 is 23.4 Å². The molecule has 1 N–H and O–H groups in total. The fourth-order valence-electron chi connectivity index (χ4n) is 3.71. The molecule has 174 valence electrons. The van der Waals surface area contributed by atoms with E-state index in [0.717, 1.165) is 5.56 Å². The molecule has 4 aromatic rings.